The van der Waals surface area contributed by atoms with E-state index in [-0.39, 0.29) is 0 Å². The van der Waals surface area contributed by atoms with E-state index in [9.17, 15) is 0 Å². The van der Waals surface area contributed by atoms with E-state index >= 15 is 0 Å². The lowest BCUT2D eigenvalue weighted by Crippen LogP contribution is -2.24. The first-order chi connectivity index (χ1) is 4.79. The summed E-state index contributed by atoms with van der Waals surface area (Å²) in [6, 6.07) is 4.62. The molecule has 2 heteroatoms. The summed E-state index contributed by atoms with van der Waals surface area (Å²) < 4.78 is 2.11. The molecule has 10 heavy (non-hydrogen) atoms. The summed E-state index contributed by atoms with van der Waals surface area (Å²) in [5.74, 6) is 0. The van der Waals surface area contributed by atoms with Crippen LogP contribution in [-0.2, 0) is 6.67 Å². The molecule has 56 valence electrons. The van der Waals surface area contributed by atoms with Crippen LogP contribution in [0.25, 0.3) is 0 Å². The zero-order chi connectivity index (χ0) is 7.40. The zero-order valence-corrected chi connectivity index (χ0v) is 6.54. The quantitative estimate of drug-likeness (QED) is 0.668. The van der Waals surface area contributed by atoms with Crippen molar-refractivity contribution in [3.05, 3.63) is 24.5 Å². The second kappa shape index (κ2) is 3.42. The minimum atomic E-state index is 0.558. The third-order valence-electron chi connectivity index (χ3n) is 1.35. The van der Waals surface area contributed by atoms with E-state index in [1.807, 2.05) is 12.1 Å². The molecule has 0 amide bonds. The Bertz CT molecular complexity index is 165. The summed E-state index contributed by atoms with van der Waals surface area (Å²) >= 11 is 0. The molecule has 1 aromatic heterocycles. The fourth-order valence-electron chi connectivity index (χ4n) is 0.764. The predicted octanol–water partition coefficient (Wildman–Crippen LogP) is 1.44. The van der Waals surface area contributed by atoms with Gasteiger partial charge in [0.1, 0.15) is 0 Å². The molecule has 1 N–H and O–H groups in total. The molecule has 0 aliphatic carbocycles. The number of nitrogens with one attached hydrogen (secondary N) is 1. The standard InChI is InChI=1S/C8H14N2/c1-8(2)9-7-10-5-3-4-6-10/h3-6,8-9H,7H2,1-2H3. The van der Waals surface area contributed by atoms with Crippen molar-refractivity contribution in [1.82, 2.24) is 9.88 Å². The summed E-state index contributed by atoms with van der Waals surface area (Å²) in [4.78, 5) is 0. The summed E-state index contributed by atoms with van der Waals surface area (Å²) in [6.07, 6.45) is 4.10. The van der Waals surface area contributed by atoms with Gasteiger partial charge in [-0.2, -0.15) is 0 Å². The van der Waals surface area contributed by atoms with Gasteiger partial charge in [-0.3, -0.25) is 5.32 Å². The lowest BCUT2D eigenvalue weighted by Gasteiger charge is -2.07. The highest BCUT2D eigenvalue weighted by Crippen LogP contribution is 1.87. The Morgan fingerprint density at radius 2 is 1.90 bits per heavy atom. The monoisotopic (exact) mass is 138 g/mol. The molecule has 0 aliphatic rings. The second-order valence-corrected chi connectivity index (χ2v) is 2.71. The highest BCUT2D eigenvalue weighted by molar-refractivity contribution is 4.89. The lowest BCUT2D eigenvalue weighted by atomic mass is 10.4. The van der Waals surface area contributed by atoms with E-state index in [4.69, 9.17) is 0 Å². The highest BCUT2D eigenvalue weighted by Gasteiger charge is 1.90. The van der Waals surface area contributed by atoms with Gasteiger partial charge in [0.25, 0.3) is 0 Å². The minimum absolute atomic E-state index is 0.558. The van der Waals surface area contributed by atoms with Gasteiger partial charge in [-0.15, -0.1) is 0 Å². The molecular formula is C8H14N2. The fraction of sp³-hybridized carbons (Fsp3) is 0.500. The molecule has 0 aliphatic heterocycles. The van der Waals surface area contributed by atoms with E-state index in [0.717, 1.165) is 6.67 Å². The first kappa shape index (κ1) is 7.35. The lowest BCUT2D eigenvalue weighted by molar-refractivity contribution is 0.500. The van der Waals surface area contributed by atoms with Gasteiger partial charge in [0, 0.05) is 18.4 Å². The predicted molar refractivity (Wildman–Crippen MR) is 42.7 cm³/mol. The molecule has 1 aromatic rings. The van der Waals surface area contributed by atoms with Crippen molar-refractivity contribution >= 4 is 0 Å². The summed E-state index contributed by atoms with van der Waals surface area (Å²) in [7, 11) is 0. The first-order valence-corrected chi connectivity index (χ1v) is 3.63. The molecule has 2 nitrogen and oxygen atoms in total. The minimum Gasteiger partial charge on any atom is -0.341 e. The number of hydrogen-bond acceptors (Lipinski definition) is 1. The van der Waals surface area contributed by atoms with Gasteiger partial charge < -0.3 is 4.57 Å². The molecule has 1 rings (SSSR count). The molecule has 1 heterocycles. The maximum Gasteiger partial charge on any atom is 0.0721 e. The molecule has 0 aromatic carbocycles. The molecule has 0 saturated heterocycles. The third kappa shape index (κ3) is 2.23. The Balaban J connectivity index is 2.28. The maximum atomic E-state index is 3.31. The van der Waals surface area contributed by atoms with Crippen LogP contribution in [0.2, 0.25) is 0 Å². The normalized spacial score (nSPS) is 10.7. The van der Waals surface area contributed by atoms with Crippen LogP contribution < -0.4 is 5.32 Å². The van der Waals surface area contributed by atoms with E-state index < -0.39 is 0 Å². The van der Waals surface area contributed by atoms with E-state index in [0.29, 0.717) is 6.04 Å². The topological polar surface area (TPSA) is 17.0 Å². The van der Waals surface area contributed by atoms with Crippen LogP contribution in [-0.4, -0.2) is 10.6 Å². The third-order valence-corrected chi connectivity index (χ3v) is 1.35. The summed E-state index contributed by atoms with van der Waals surface area (Å²) in [6.45, 7) is 5.19. The van der Waals surface area contributed by atoms with Crippen molar-refractivity contribution in [3.8, 4) is 0 Å². The van der Waals surface area contributed by atoms with Crippen molar-refractivity contribution in [2.24, 2.45) is 0 Å². The van der Waals surface area contributed by atoms with Crippen molar-refractivity contribution in [2.45, 2.75) is 26.6 Å². The Labute approximate surface area is 61.9 Å². The Morgan fingerprint density at radius 3 is 2.40 bits per heavy atom. The molecule has 0 radical (unpaired) electrons. The van der Waals surface area contributed by atoms with Gasteiger partial charge in [0.15, 0.2) is 0 Å². The summed E-state index contributed by atoms with van der Waals surface area (Å²) in [5.41, 5.74) is 0. The van der Waals surface area contributed by atoms with Crippen LogP contribution in [0.3, 0.4) is 0 Å². The molecule has 0 bridgehead atoms. The summed E-state index contributed by atoms with van der Waals surface area (Å²) in [5, 5.41) is 3.31. The number of aromatic nitrogens is 1. The zero-order valence-electron chi connectivity index (χ0n) is 6.54. The fourth-order valence-corrected chi connectivity index (χ4v) is 0.764. The van der Waals surface area contributed by atoms with Gasteiger partial charge in [-0.25, -0.2) is 0 Å². The Morgan fingerprint density at radius 1 is 1.30 bits per heavy atom. The van der Waals surface area contributed by atoms with Crippen LogP contribution in [0.5, 0.6) is 0 Å². The van der Waals surface area contributed by atoms with Gasteiger partial charge in [-0.1, -0.05) is 0 Å². The maximum absolute atomic E-state index is 3.31. The number of hydrogen-bond donors (Lipinski definition) is 1. The van der Waals surface area contributed by atoms with Crippen molar-refractivity contribution in [1.29, 1.82) is 0 Å². The van der Waals surface area contributed by atoms with Crippen LogP contribution in [0.15, 0.2) is 24.5 Å². The number of rotatable bonds is 3. The van der Waals surface area contributed by atoms with Crippen LogP contribution in [0.4, 0.5) is 0 Å². The molecule has 0 unspecified atom stereocenters. The van der Waals surface area contributed by atoms with Crippen LogP contribution in [0, 0.1) is 0 Å². The molecule has 0 atom stereocenters. The highest BCUT2D eigenvalue weighted by atomic mass is 15.1. The first-order valence-electron chi connectivity index (χ1n) is 3.63. The van der Waals surface area contributed by atoms with Gasteiger partial charge in [0.2, 0.25) is 0 Å². The molecule has 0 fully saturated rings. The van der Waals surface area contributed by atoms with Crippen LogP contribution in [0.1, 0.15) is 13.8 Å². The van der Waals surface area contributed by atoms with Crippen molar-refractivity contribution < 1.29 is 0 Å². The van der Waals surface area contributed by atoms with E-state index in [1.54, 1.807) is 0 Å². The average Bonchev–Trinajstić information content (AvgIpc) is 2.34. The smallest absolute Gasteiger partial charge is 0.0721 e. The Hall–Kier alpha value is -0.760. The van der Waals surface area contributed by atoms with Crippen molar-refractivity contribution in [2.75, 3.05) is 0 Å². The Kier molecular flexibility index (Phi) is 2.51. The second-order valence-electron chi connectivity index (χ2n) is 2.71. The van der Waals surface area contributed by atoms with Gasteiger partial charge >= 0.3 is 0 Å². The van der Waals surface area contributed by atoms with Crippen LogP contribution >= 0.6 is 0 Å². The van der Waals surface area contributed by atoms with Gasteiger partial charge in [-0.05, 0) is 26.0 Å². The average molecular weight is 138 g/mol. The SMILES string of the molecule is CC(C)NCn1cccc1. The molecular weight excluding hydrogens is 124 g/mol. The van der Waals surface area contributed by atoms with Gasteiger partial charge in [0.05, 0.1) is 6.67 Å². The van der Waals surface area contributed by atoms with E-state index in [2.05, 4.69) is 36.1 Å². The molecule has 0 spiro atoms. The van der Waals surface area contributed by atoms with Crippen molar-refractivity contribution in [3.63, 3.8) is 0 Å². The van der Waals surface area contributed by atoms with E-state index in [1.165, 1.54) is 0 Å². The molecule has 0 saturated carbocycles. The number of nitrogens with zero attached hydrogens (tertiary/aromatic N) is 1. The largest absolute Gasteiger partial charge is 0.341 e.